The molecule has 1 unspecified atom stereocenters. The molecule has 4 nitrogen and oxygen atoms in total. The Hall–Kier alpha value is -1.84. The molecule has 0 aromatic heterocycles. The summed E-state index contributed by atoms with van der Waals surface area (Å²) in [7, 11) is 0. The molecule has 0 saturated carbocycles. The van der Waals surface area contributed by atoms with Crippen LogP contribution in [0.25, 0.3) is 0 Å². The van der Waals surface area contributed by atoms with Crippen LogP contribution >= 0.6 is 0 Å². The molecule has 2 N–H and O–H groups in total. The van der Waals surface area contributed by atoms with Gasteiger partial charge < -0.3 is 5.32 Å². The molecule has 1 aliphatic rings. The summed E-state index contributed by atoms with van der Waals surface area (Å²) < 4.78 is 0. The second-order valence-corrected chi connectivity index (χ2v) is 3.51. The molecule has 2 rings (SSSR count). The van der Waals surface area contributed by atoms with E-state index in [0.29, 0.717) is 12.8 Å². The maximum atomic E-state index is 11.4. The molecule has 1 aromatic carbocycles. The van der Waals surface area contributed by atoms with Crippen LogP contribution < -0.4 is 10.6 Å². The number of benzene rings is 1. The summed E-state index contributed by atoms with van der Waals surface area (Å²) in [5, 5.41) is 5.40. The average molecular weight is 204 g/mol. The molecule has 2 amide bonds. The highest BCUT2D eigenvalue weighted by atomic mass is 16.2. The van der Waals surface area contributed by atoms with Gasteiger partial charge in [-0.3, -0.25) is 14.9 Å². The summed E-state index contributed by atoms with van der Waals surface area (Å²) in [5.41, 5.74) is 0.895. The van der Waals surface area contributed by atoms with Gasteiger partial charge in [0.25, 0.3) is 0 Å². The zero-order valence-corrected chi connectivity index (χ0v) is 8.19. The van der Waals surface area contributed by atoms with Gasteiger partial charge in [0.15, 0.2) is 0 Å². The third kappa shape index (κ3) is 2.34. The van der Waals surface area contributed by atoms with Gasteiger partial charge in [-0.15, -0.1) is 0 Å². The number of hydrogen-bond acceptors (Lipinski definition) is 3. The third-order valence-electron chi connectivity index (χ3n) is 2.35. The Kier molecular flexibility index (Phi) is 2.67. The first-order valence-electron chi connectivity index (χ1n) is 4.91. The molecule has 78 valence electrons. The standard InChI is InChI=1S/C11H12N2O2/c14-10-7-6-9(11(15)13-10)12-8-4-2-1-3-5-8/h1-5,9,12H,6-7H2,(H,13,14,15). The predicted molar refractivity (Wildman–Crippen MR) is 56.2 cm³/mol. The van der Waals surface area contributed by atoms with E-state index in [4.69, 9.17) is 0 Å². The van der Waals surface area contributed by atoms with E-state index >= 15 is 0 Å². The average Bonchev–Trinajstić information content (AvgIpc) is 2.24. The van der Waals surface area contributed by atoms with Crippen molar-refractivity contribution in [1.29, 1.82) is 0 Å². The number of para-hydroxylation sites is 1. The van der Waals surface area contributed by atoms with Gasteiger partial charge in [-0.2, -0.15) is 0 Å². The van der Waals surface area contributed by atoms with Crippen molar-refractivity contribution in [3.63, 3.8) is 0 Å². The lowest BCUT2D eigenvalue weighted by Crippen LogP contribution is -2.47. The summed E-state index contributed by atoms with van der Waals surface area (Å²) in [5.74, 6) is -0.429. The van der Waals surface area contributed by atoms with Gasteiger partial charge in [0.05, 0.1) is 0 Å². The van der Waals surface area contributed by atoms with Gasteiger partial charge in [-0.1, -0.05) is 18.2 Å². The Balaban J connectivity index is 2.01. The number of rotatable bonds is 2. The monoisotopic (exact) mass is 204 g/mol. The number of anilines is 1. The molecule has 1 aliphatic heterocycles. The van der Waals surface area contributed by atoms with Crippen LogP contribution in [0.5, 0.6) is 0 Å². The van der Waals surface area contributed by atoms with Crippen LogP contribution in [0.1, 0.15) is 12.8 Å². The summed E-state index contributed by atoms with van der Waals surface area (Å²) in [6, 6.07) is 9.19. The molecule has 1 saturated heterocycles. The van der Waals surface area contributed by atoms with E-state index in [1.807, 2.05) is 30.3 Å². The van der Waals surface area contributed by atoms with E-state index in [2.05, 4.69) is 10.6 Å². The highest BCUT2D eigenvalue weighted by Crippen LogP contribution is 2.12. The number of hydrogen-bond donors (Lipinski definition) is 2. The minimum Gasteiger partial charge on any atom is -0.374 e. The van der Waals surface area contributed by atoms with Gasteiger partial charge in [-0.05, 0) is 18.6 Å². The maximum absolute atomic E-state index is 11.4. The van der Waals surface area contributed by atoms with E-state index in [1.165, 1.54) is 0 Å². The minimum atomic E-state index is -0.301. The van der Waals surface area contributed by atoms with Crippen LogP contribution in [0.2, 0.25) is 0 Å². The molecule has 1 atom stereocenters. The summed E-state index contributed by atoms with van der Waals surface area (Å²) in [6.45, 7) is 0. The van der Waals surface area contributed by atoms with E-state index in [-0.39, 0.29) is 17.9 Å². The lowest BCUT2D eigenvalue weighted by atomic mass is 10.1. The van der Waals surface area contributed by atoms with Crippen molar-refractivity contribution in [1.82, 2.24) is 5.32 Å². The molecule has 0 aliphatic carbocycles. The number of nitrogens with one attached hydrogen (secondary N) is 2. The predicted octanol–water partition coefficient (Wildman–Crippen LogP) is 0.904. The second kappa shape index (κ2) is 4.13. The van der Waals surface area contributed by atoms with E-state index in [1.54, 1.807) is 0 Å². The quantitative estimate of drug-likeness (QED) is 0.704. The van der Waals surface area contributed by atoms with Crippen LogP contribution in [-0.4, -0.2) is 17.9 Å². The number of imide groups is 1. The van der Waals surface area contributed by atoms with Gasteiger partial charge in [-0.25, -0.2) is 0 Å². The lowest BCUT2D eigenvalue weighted by Gasteiger charge is -2.22. The van der Waals surface area contributed by atoms with Crippen molar-refractivity contribution in [2.45, 2.75) is 18.9 Å². The smallest absolute Gasteiger partial charge is 0.249 e. The van der Waals surface area contributed by atoms with Gasteiger partial charge in [0.1, 0.15) is 6.04 Å². The number of carbonyl (C=O) groups is 2. The first kappa shape index (κ1) is 9.71. The van der Waals surface area contributed by atoms with Crippen molar-refractivity contribution in [2.24, 2.45) is 0 Å². The van der Waals surface area contributed by atoms with E-state index in [0.717, 1.165) is 5.69 Å². The summed E-state index contributed by atoms with van der Waals surface area (Å²) in [6.07, 6.45) is 0.954. The molecule has 15 heavy (non-hydrogen) atoms. The van der Waals surface area contributed by atoms with Crippen LogP contribution in [0.15, 0.2) is 30.3 Å². The SMILES string of the molecule is O=C1CCC(Nc2ccccc2)C(=O)N1. The maximum Gasteiger partial charge on any atom is 0.249 e. The van der Waals surface area contributed by atoms with Gasteiger partial charge >= 0.3 is 0 Å². The molecular weight excluding hydrogens is 192 g/mol. The first-order valence-corrected chi connectivity index (χ1v) is 4.91. The van der Waals surface area contributed by atoms with Crippen LogP contribution in [0.4, 0.5) is 5.69 Å². The molecule has 4 heteroatoms. The summed E-state index contributed by atoms with van der Waals surface area (Å²) >= 11 is 0. The molecule has 1 aromatic rings. The zero-order chi connectivity index (χ0) is 10.7. The van der Waals surface area contributed by atoms with Crippen molar-refractivity contribution in [3.8, 4) is 0 Å². The largest absolute Gasteiger partial charge is 0.374 e. The van der Waals surface area contributed by atoms with Crippen molar-refractivity contribution in [2.75, 3.05) is 5.32 Å². The third-order valence-corrected chi connectivity index (χ3v) is 2.35. The Bertz CT molecular complexity index is 375. The van der Waals surface area contributed by atoms with Gasteiger partial charge in [0, 0.05) is 12.1 Å². The number of carbonyl (C=O) groups excluding carboxylic acids is 2. The van der Waals surface area contributed by atoms with Crippen molar-refractivity contribution in [3.05, 3.63) is 30.3 Å². The molecular formula is C11H12N2O2. The lowest BCUT2D eigenvalue weighted by molar-refractivity contribution is -0.133. The summed E-state index contributed by atoms with van der Waals surface area (Å²) in [4.78, 5) is 22.3. The van der Waals surface area contributed by atoms with Gasteiger partial charge in [0.2, 0.25) is 11.8 Å². The Morgan fingerprint density at radius 1 is 1.20 bits per heavy atom. The molecule has 0 spiro atoms. The van der Waals surface area contributed by atoms with Crippen molar-refractivity contribution >= 4 is 17.5 Å². The van der Waals surface area contributed by atoms with Crippen LogP contribution in [0.3, 0.4) is 0 Å². The fraction of sp³-hybridized carbons (Fsp3) is 0.273. The molecule has 0 radical (unpaired) electrons. The van der Waals surface area contributed by atoms with E-state index in [9.17, 15) is 9.59 Å². The Morgan fingerprint density at radius 3 is 2.60 bits per heavy atom. The normalized spacial score (nSPS) is 20.9. The van der Waals surface area contributed by atoms with Crippen molar-refractivity contribution < 1.29 is 9.59 Å². The first-order chi connectivity index (χ1) is 7.25. The molecule has 1 heterocycles. The topological polar surface area (TPSA) is 58.2 Å². The minimum absolute atomic E-state index is 0.189. The highest BCUT2D eigenvalue weighted by molar-refractivity contribution is 6.01. The van der Waals surface area contributed by atoms with E-state index < -0.39 is 0 Å². The second-order valence-electron chi connectivity index (χ2n) is 3.51. The Morgan fingerprint density at radius 2 is 1.93 bits per heavy atom. The van der Waals surface area contributed by atoms with Crippen LogP contribution in [-0.2, 0) is 9.59 Å². The highest BCUT2D eigenvalue weighted by Gasteiger charge is 2.25. The Labute approximate surface area is 87.7 Å². The fourth-order valence-corrected chi connectivity index (χ4v) is 1.57. The van der Waals surface area contributed by atoms with Crippen LogP contribution in [0, 0.1) is 0 Å². The molecule has 1 fully saturated rings. The molecule has 0 bridgehead atoms. The zero-order valence-electron chi connectivity index (χ0n) is 8.19. The fourth-order valence-electron chi connectivity index (χ4n) is 1.57. The number of piperidine rings is 1. The number of amides is 2.